The summed E-state index contributed by atoms with van der Waals surface area (Å²) in [6.45, 7) is 1.56. The first kappa shape index (κ1) is 19.3. The van der Waals surface area contributed by atoms with Crippen LogP contribution >= 0.6 is 0 Å². The van der Waals surface area contributed by atoms with Crippen LogP contribution in [0.3, 0.4) is 0 Å². The Balaban J connectivity index is 1.81. The van der Waals surface area contributed by atoms with Crippen LogP contribution in [-0.2, 0) is 13.2 Å². The van der Waals surface area contributed by atoms with E-state index in [1.165, 1.54) is 35.0 Å². The fourth-order valence-corrected chi connectivity index (χ4v) is 2.55. The Morgan fingerprint density at radius 1 is 1.07 bits per heavy atom. The van der Waals surface area contributed by atoms with Crippen LogP contribution in [0.1, 0.15) is 16.8 Å². The van der Waals surface area contributed by atoms with Crippen LogP contribution in [0.5, 0.6) is 11.6 Å². The van der Waals surface area contributed by atoms with Crippen molar-refractivity contribution in [2.75, 3.05) is 0 Å². The molecular formula is C19H15F3N2O4. The van der Waals surface area contributed by atoms with Gasteiger partial charge in [-0.1, -0.05) is 0 Å². The van der Waals surface area contributed by atoms with Crippen LogP contribution in [0.15, 0.2) is 42.5 Å². The molecule has 0 saturated carbocycles. The maximum Gasteiger partial charge on any atom is 0.512 e. The lowest BCUT2D eigenvalue weighted by molar-refractivity contribution is 0.142. The predicted octanol–water partition coefficient (Wildman–Crippen LogP) is 4.29. The molecule has 1 heterocycles. The summed E-state index contributed by atoms with van der Waals surface area (Å²) in [5, 5.41) is 12.7. The zero-order chi connectivity index (χ0) is 20.3. The first-order chi connectivity index (χ1) is 13.3. The van der Waals surface area contributed by atoms with E-state index in [0.717, 1.165) is 12.1 Å². The largest absolute Gasteiger partial charge is 0.512 e. The van der Waals surface area contributed by atoms with Crippen molar-refractivity contribution in [3.05, 3.63) is 76.7 Å². The molecule has 3 rings (SSSR count). The normalized spacial score (nSPS) is 10.7. The molecule has 0 atom stereocenters. The van der Waals surface area contributed by atoms with Gasteiger partial charge in [-0.2, -0.15) is 0 Å². The Hall–Kier alpha value is -3.49. The van der Waals surface area contributed by atoms with Gasteiger partial charge in [-0.3, -0.25) is 4.68 Å². The van der Waals surface area contributed by atoms with Crippen LogP contribution in [0, 0.1) is 24.4 Å². The van der Waals surface area contributed by atoms with E-state index in [9.17, 15) is 18.0 Å². The Morgan fingerprint density at radius 2 is 1.79 bits per heavy atom. The number of aromatic nitrogens is 2. The molecule has 1 N–H and O–H groups in total. The summed E-state index contributed by atoms with van der Waals surface area (Å²) in [4.78, 5) is 10.6. The molecule has 2 aromatic carbocycles. The maximum absolute atomic E-state index is 13.8. The van der Waals surface area contributed by atoms with E-state index in [0.29, 0.717) is 11.3 Å². The van der Waals surface area contributed by atoms with Crippen molar-refractivity contribution in [2.24, 2.45) is 0 Å². The van der Waals surface area contributed by atoms with Crippen molar-refractivity contribution in [3.8, 4) is 11.6 Å². The second kappa shape index (κ2) is 8.03. The van der Waals surface area contributed by atoms with Gasteiger partial charge in [0, 0.05) is 29.0 Å². The van der Waals surface area contributed by atoms with Crippen molar-refractivity contribution in [3.63, 3.8) is 0 Å². The van der Waals surface area contributed by atoms with Gasteiger partial charge in [0.1, 0.15) is 29.8 Å². The van der Waals surface area contributed by atoms with Gasteiger partial charge in [0.25, 0.3) is 0 Å². The van der Waals surface area contributed by atoms with Crippen molar-refractivity contribution in [1.29, 1.82) is 0 Å². The van der Waals surface area contributed by atoms with Crippen molar-refractivity contribution >= 4 is 6.16 Å². The second-order valence-electron chi connectivity index (χ2n) is 5.93. The monoisotopic (exact) mass is 392 g/mol. The average Bonchev–Trinajstić information content (AvgIpc) is 2.94. The van der Waals surface area contributed by atoms with E-state index in [4.69, 9.17) is 9.84 Å². The molecule has 6 nitrogen and oxygen atoms in total. The summed E-state index contributed by atoms with van der Waals surface area (Å²) >= 11 is 0. The molecule has 28 heavy (non-hydrogen) atoms. The van der Waals surface area contributed by atoms with Gasteiger partial charge in [-0.05, 0) is 37.3 Å². The lowest BCUT2D eigenvalue weighted by atomic mass is 10.2. The standard InChI is InChI=1S/C19H15F3N2O4/c1-11-6-18(28-19(25)26)23-24(11)9-13-7-14(20)4-5-17(13)27-10-12-2-3-15(21)8-16(12)22/h2-8H,9-10H2,1H3,(H,25,26). The smallest absolute Gasteiger partial charge is 0.488 e. The molecule has 0 aliphatic rings. The average molecular weight is 392 g/mol. The minimum atomic E-state index is -1.50. The molecule has 0 aliphatic carbocycles. The molecule has 0 unspecified atom stereocenters. The van der Waals surface area contributed by atoms with Gasteiger partial charge in [0.15, 0.2) is 0 Å². The number of hydrogen-bond donors (Lipinski definition) is 1. The Labute approximate surface area is 157 Å². The molecule has 9 heteroatoms. The molecule has 146 valence electrons. The van der Waals surface area contributed by atoms with Crippen LogP contribution in [-0.4, -0.2) is 21.0 Å². The van der Waals surface area contributed by atoms with Gasteiger partial charge in [0.05, 0.1) is 6.54 Å². The van der Waals surface area contributed by atoms with Gasteiger partial charge in [-0.25, -0.2) is 18.0 Å². The first-order valence-electron chi connectivity index (χ1n) is 8.12. The van der Waals surface area contributed by atoms with Gasteiger partial charge >= 0.3 is 6.16 Å². The third-order valence-electron chi connectivity index (χ3n) is 3.89. The van der Waals surface area contributed by atoms with Crippen LogP contribution in [0.2, 0.25) is 0 Å². The molecule has 3 aromatic rings. The Morgan fingerprint density at radius 3 is 2.50 bits per heavy atom. The summed E-state index contributed by atoms with van der Waals surface area (Å²) < 4.78 is 52.0. The van der Waals surface area contributed by atoms with E-state index in [2.05, 4.69) is 9.84 Å². The van der Waals surface area contributed by atoms with Crippen LogP contribution in [0.25, 0.3) is 0 Å². The molecule has 0 bridgehead atoms. The predicted molar refractivity (Wildman–Crippen MR) is 91.8 cm³/mol. The fourth-order valence-electron chi connectivity index (χ4n) is 2.55. The quantitative estimate of drug-likeness (QED) is 0.634. The van der Waals surface area contributed by atoms with Crippen LogP contribution in [0.4, 0.5) is 18.0 Å². The molecular weight excluding hydrogens is 377 g/mol. The molecule has 0 amide bonds. The number of carbonyl (C=O) groups is 1. The molecule has 0 spiro atoms. The molecule has 0 fully saturated rings. The van der Waals surface area contributed by atoms with Gasteiger partial charge in [0.2, 0.25) is 5.88 Å². The first-order valence-corrected chi connectivity index (χ1v) is 8.12. The number of hydrogen-bond acceptors (Lipinski definition) is 4. The number of nitrogens with zero attached hydrogens (tertiary/aromatic N) is 2. The van der Waals surface area contributed by atoms with Gasteiger partial charge < -0.3 is 14.6 Å². The molecule has 0 saturated heterocycles. The number of ether oxygens (including phenoxy) is 2. The SMILES string of the molecule is Cc1cc(OC(=O)O)nn1Cc1cc(F)ccc1OCc1ccc(F)cc1F. The number of rotatable bonds is 6. The molecule has 1 aromatic heterocycles. The number of benzene rings is 2. The summed E-state index contributed by atoms with van der Waals surface area (Å²) in [5.74, 6) is -1.79. The third-order valence-corrected chi connectivity index (χ3v) is 3.89. The highest BCUT2D eigenvalue weighted by molar-refractivity contribution is 5.60. The van der Waals surface area contributed by atoms with E-state index < -0.39 is 23.6 Å². The summed E-state index contributed by atoms with van der Waals surface area (Å²) in [6, 6.07) is 8.36. The number of carboxylic acid groups (broad SMARTS) is 1. The summed E-state index contributed by atoms with van der Waals surface area (Å²) in [6.07, 6.45) is -1.50. The van der Waals surface area contributed by atoms with Crippen molar-refractivity contribution in [1.82, 2.24) is 9.78 Å². The van der Waals surface area contributed by atoms with E-state index in [-0.39, 0.29) is 30.3 Å². The van der Waals surface area contributed by atoms with E-state index >= 15 is 0 Å². The highest BCUT2D eigenvalue weighted by atomic mass is 19.1. The zero-order valence-electron chi connectivity index (χ0n) is 14.7. The fraction of sp³-hybridized carbons (Fsp3) is 0.158. The lowest BCUT2D eigenvalue weighted by Crippen LogP contribution is -2.08. The van der Waals surface area contributed by atoms with Crippen molar-refractivity contribution in [2.45, 2.75) is 20.1 Å². The number of halogens is 3. The second-order valence-corrected chi connectivity index (χ2v) is 5.93. The highest BCUT2D eigenvalue weighted by Crippen LogP contribution is 2.24. The summed E-state index contributed by atoms with van der Waals surface area (Å²) in [7, 11) is 0. The topological polar surface area (TPSA) is 73.6 Å². The summed E-state index contributed by atoms with van der Waals surface area (Å²) in [5.41, 5.74) is 1.12. The van der Waals surface area contributed by atoms with E-state index in [1.807, 2.05) is 0 Å². The number of aryl methyl sites for hydroxylation is 1. The highest BCUT2D eigenvalue weighted by Gasteiger charge is 2.13. The Kier molecular flexibility index (Phi) is 5.53. The molecule has 0 radical (unpaired) electrons. The maximum atomic E-state index is 13.8. The minimum absolute atomic E-state index is 0.0633. The lowest BCUT2D eigenvalue weighted by Gasteiger charge is -2.13. The van der Waals surface area contributed by atoms with Gasteiger partial charge in [-0.15, -0.1) is 5.10 Å². The molecule has 0 aliphatic heterocycles. The van der Waals surface area contributed by atoms with Crippen molar-refractivity contribution < 1.29 is 32.5 Å². The van der Waals surface area contributed by atoms with E-state index in [1.54, 1.807) is 6.92 Å². The third kappa shape index (κ3) is 4.61. The zero-order valence-corrected chi connectivity index (χ0v) is 14.7. The minimum Gasteiger partial charge on any atom is -0.488 e. The Bertz CT molecular complexity index is 1020. The van der Waals surface area contributed by atoms with Crippen LogP contribution < -0.4 is 9.47 Å².